The predicted molar refractivity (Wildman–Crippen MR) is 59.1 cm³/mol. The Morgan fingerprint density at radius 2 is 2.14 bits per heavy atom. The zero-order chi connectivity index (χ0) is 10.1. The first kappa shape index (κ1) is 9.85. The Labute approximate surface area is 90.0 Å². The van der Waals surface area contributed by atoms with Gasteiger partial charge in [-0.3, -0.25) is 0 Å². The average molecular weight is 211 g/mol. The Hall–Kier alpha value is -0.690. The number of fused-ring (bicyclic) bond motifs is 1. The average Bonchev–Trinajstić information content (AvgIpc) is 2.62. The third kappa shape index (κ3) is 1.74. The molecular weight excluding hydrogens is 196 g/mol. The highest BCUT2D eigenvalue weighted by atomic mass is 35.5. The van der Waals surface area contributed by atoms with Crippen LogP contribution in [0.15, 0.2) is 18.2 Å². The van der Waals surface area contributed by atoms with Crippen LogP contribution in [-0.2, 0) is 6.42 Å². The van der Waals surface area contributed by atoms with Crippen LogP contribution < -0.4 is 4.74 Å². The van der Waals surface area contributed by atoms with Gasteiger partial charge in [-0.25, -0.2) is 0 Å². The Balaban J connectivity index is 2.28. The maximum atomic E-state index is 6.29. The minimum atomic E-state index is 0.0875. The highest BCUT2D eigenvalue weighted by Gasteiger charge is 2.17. The fourth-order valence-electron chi connectivity index (χ4n) is 1.74. The van der Waals surface area contributed by atoms with Gasteiger partial charge in [-0.2, -0.15) is 0 Å². The predicted octanol–water partition coefficient (Wildman–Crippen LogP) is 3.56. The molecule has 14 heavy (non-hydrogen) atoms. The lowest BCUT2D eigenvalue weighted by molar-refractivity contribution is 0.356. The molecule has 0 saturated heterocycles. The van der Waals surface area contributed by atoms with Gasteiger partial charge in [-0.05, 0) is 23.1 Å². The second-order valence-corrected chi connectivity index (χ2v) is 4.58. The molecule has 0 aromatic heterocycles. The molecule has 2 heteroatoms. The maximum Gasteiger partial charge on any atom is 0.122 e. The summed E-state index contributed by atoms with van der Waals surface area (Å²) in [5.74, 6) is 1.48. The van der Waals surface area contributed by atoms with E-state index in [2.05, 4.69) is 32.0 Å². The number of rotatable bonds is 2. The van der Waals surface area contributed by atoms with Crippen LogP contribution in [-0.4, -0.2) is 6.61 Å². The van der Waals surface area contributed by atoms with E-state index in [1.165, 1.54) is 11.1 Å². The molecule has 1 atom stereocenters. The molecule has 0 radical (unpaired) electrons. The van der Waals surface area contributed by atoms with Crippen LogP contribution in [0.25, 0.3) is 0 Å². The summed E-state index contributed by atoms with van der Waals surface area (Å²) >= 11 is 6.29. The molecule has 0 bridgehead atoms. The third-order valence-corrected chi connectivity index (χ3v) is 3.38. The van der Waals surface area contributed by atoms with Crippen molar-refractivity contribution in [3.8, 4) is 5.75 Å². The lowest BCUT2D eigenvalue weighted by Gasteiger charge is -2.14. The Morgan fingerprint density at radius 1 is 1.36 bits per heavy atom. The van der Waals surface area contributed by atoms with Crippen molar-refractivity contribution < 1.29 is 4.74 Å². The number of hydrogen-bond acceptors (Lipinski definition) is 1. The van der Waals surface area contributed by atoms with E-state index >= 15 is 0 Å². The molecule has 2 rings (SSSR count). The van der Waals surface area contributed by atoms with E-state index in [1.807, 2.05) is 0 Å². The number of halogens is 1. The van der Waals surface area contributed by atoms with E-state index in [-0.39, 0.29) is 5.38 Å². The summed E-state index contributed by atoms with van der Waals surface area (Å²) in [5, 5.41) is 0.0875. The molecule has 1 nitrogen and oxygen atoms in total. The fraction of sp³-hybridized carbons (Fsp3) is 0.500. The highest BCUT2D eigenvalue weighted by molar-refractivity contribution is 6.21. The topological polar surface area (TPSA) is 9.23 Å². The normalized spacial score (nSPS) is 16.6. The van der Waals surface area contributed by atoms with Gasteiger partial charge in [0.05, 0.1) is 12.0 Å². The summed E-state index contributed by atoms with van der Waals surface area (Å²) in [7, 11) is 0. The third-order valence-electron chi connectivity index (χ3n) is 2.62. The smallest absolute Gasteiger partial charge is 0.122 e. The first-order chi connectivity index (χ1) is 6.68. The molecule has 1 aromatic rings. The monoisotopic (exact) mass is 210 g/mol. The van der Waals surface area contributed by atoms with Crippen molar-refractivity contribution >= 4 is 11.6 Å². The van der Waals surface area contributed by atoms with Crippen molar-refractivity contribution in [2.75, 3.05) is 6.61 Å². The number of hydrogen-bond donors (Lipinski definition) is 0. The van der Waals surface area contributed by atoms with E-state index in [4.69, 9.17) is 16.3 Å². The summed E-state index contributed by atoms with van der Waals surface area (Å²) in [6, 6.07) is 6.33. The largest absolute Gasteiger partial charge is 0.493 e. The standard InChI is InChI=1S/C12H15ClO/c1-8(2)12(13)10-4-3-9-5-6-14-11(9)7-10/h3-4,7-8,12H,5-6H2,1-2H3. The fourth-order valence-corrected chi connectivity index (χ4v) is 1.88. The number of alkyl halides is 1. The SMILES string of the molecule is CC(C)C(Cl)c1ccc2c(c1)OCC2. The molecule has 0 amide bonds. The van der Waals surface area contributed by atoms with E-state index in [0.717, 1.165) is 18.8 Å². The quantitative estimate of drug-likeness (QED) is 0.679. The molecular formula is C12H15ClO. The Kier molecular flexibility index (Phi) is 2.69. The second kappa shape index (κ2) is 3.82. The van der Waals surface area contributed by atoms with Gasteiger partial charge in [0.25, 0.3) is 0 Å². The number of ether oxygens (including phenoxy) is 1. The summed E-state index contributed by atoms with van der Waals surface area (Å²) in [6.07, 6.45) is 1.03. The Bertz CT molecular complexity index is 333. The molecule has 1 aliphatic rings. The molecule has 1 heterocycles. The molecule has 1 unspecified atom stereocenters. The molecule has 76 valence electrons. The van der Waals surface area contributed by atoms with Gasteiger partial charge in [0.1, 0.15) is 5.75 Å². The van der Waals surface area contributed by atoms with Crippen LogP contribution in [0.4, 0.5) is 0 Å². The lowest BCUT2D eigenvalue weighted by Crippen LogP contribution is -1.99. The summed E-state index contributed by atoms with van der Waals surface area (Å²) in [5.41, 5.74) is 2.48. The molecule has 0 fully saturated rings. The van der Waals surface area contributed by atoms with Crippen molar-refractivity contribution in [2.45, 2.75) is 25.6 Å². The first-order valence-corrected chi connectivity index (χ1v) is 5.52. The summed E-state index contributed by atoms with van der Waals surface area (Å²) in [4.78, 5) is 0. The van der Waals surface area contributed by atoms with Crippen molar-refractivity contribution in [1.29, 1.82) is 0 Å². The van der Waals surface area contributed by atoms with Crippen LogP contribution >= 0.6 is 11.6 Å². The van der Waals surface area contributed by atoms with E-state index in [1.54, 1.807) is 0 Å². The molecule has 1 aliphatic heterocycles. The molecule has 1 aromatic carbocycles. The maximum absolute atomic E-state index is 6.29. The van der Waals surface area contributed by atoms with E-state index in [0.29, 0.717) is 5.92 Å². The van der Waals surface area contributed by atoms with Gasteiger partial charge in [-0.15, -0.1) is 11.6 Å². The van der Waals surface area contributed by atoms with Gasteiger partial charge >= 0.3 is 0 Å². The summed E-state index contributed by atoms with van der Waals surface area (Å²) < 4.78 is 5.51. The van der Waals surface area contributed by atoms with Gasteiger partial charge in [-0.1, -0.05) is 26.0 Å². The zero-order valence-electron chi connectivity index (χ0n) is 8.59. The van der Waals surface area contributed by atoms with Crippen molar-refractivity contribution in [3.63, 3.8) is 0 Å². The highest BCUT2D eigenvalue weighted by Crippen LogP contribution is 2.34. The minimum absolute atomic E-state index is 0.0875. The van der Waals surface area contributed by atoms with Crippen LogP contribution in [0.3, 0.4) is 0 Å². The van der Waals surface area contributed by atoms with Crippen LogP contribution in [0, 0.1) is 5.92 Å². The van der Waals surface area contributed by atoms with E-state index in [9.17, 15) is 0 Å². The molecule has 0 N–H and O–H groups in total. The van der Waals surface area contributed by atoms with Gasteiger partial charge in [0, 0.05) is 6.42 Å². The minimum Gasteiger partial charge on any atom is -0.493 e. The molecule has 0 aliphatic carbocycles. The first-order valence-electron chi connectivity index (χ1n) is 5.08. The molecule has 0 spiro atoms. The van der Waals surface area contributed by atoms with Crippen LogP contribution in [0.1, 0.15) is 30.4 Å². The van der Waals surface area contributed by atoms with Crippen LogP contribution in [0.2, 0.25) is 0 Å². The molecule has 0 saturated carbocycles. The zero-order valence-corrected chi connectivity index (χ0v) is 9.34. The van der Waals surface area contributed by atoms with Gasteiger partial charge in [0.2, 0.25) is 0 Å². The summed E-state index contributed by atoms with van der Waals surface area (Å²) in [6.45, 7) is 5.07. The second-order valence-electron chi connectivity index (χ2n) is 4.11. The lowest BCUT2D eigenvalue weighted by atomic mass is 10.0. The number of benzene rings is 1. The van der Waals surface area contributed by atoms with Crippen molar-refractivity contribution in [3.05, 3.63) is 29.3 Å². The van der Waals surface area contributed by atoms with Gasteiger partial charge < -0.3 is 4.74 Å². The van der Waals surface area contributed by atoms with Crippen molar-refractivity contribution in [2.24, 2.45) is 5.92 Å². The van der Waals surface area contributed by atoms with Gasteiger partial charge in [0.15, 0.2) is 0 Å². The van der Waals surface area contributed by atoms with Crippen molar-refractivity contribution in [1.82, 2.24) is 0 Å². The van der Waals surface area contributed by atoms with E-state index < -0.39 is 0 Å². The van der Waals surface area contributed by atoms with Crippen LogP contribution in [0.5, 0.6) is 5.75 Å². The Morgan fingerprint density at radius 3 is 2.86 bits per heavy atom.